The van der Waals surface area contributed by atoms with Gasteiger partial charge in [-0.2, -0.15) is 4.39 Å². The number of hydrogen-bond donors (Lipinski definition) is 0. The van der Waals surface area contributed by atoms with Gasteiger partial charge in [0.15, 0.2) is 0 Å². The number of carbonyl (C=O) groups excluding carboxylic acids is 1. The Hall–Kier alpha value is -1.72. The highest BCUT2D eigenvalue weighted by atomic mass is 19.3. The molecule has 0 aliphatic heterocycles. The van der Waals surface area contributed by atoms with Crippen LogP contribution in [-0.4, -0.2) is 32.8 Å². The zero-order valence-corrected chi connectivity index (χ0v) is 9.36. The van der Waals surface area contributed by atoms with Gasteiger partial charge in [-0.15, -0.1) is 0 Å². The van der Waals surface area contributed by atoms with Gasteiger partial charge in [-0.25, -0.2) is 13.6 Å². The van der Waals surface area contributed by atoms with Crippen LogP contribution in [-0.2, 0) is 4.74 Å². The number of halogens is 3. The van der Waals surface area contributed by atoms with Crippen molar-refractivity contribution in [1.82, 2.24) is 0 Å². The van der Waals surface area contributed by atoms with Crippen LogP contribution in [0.1, 0.15) is 10.4 Å². The predicted octanol–water partition coefficient (Wildman–Crippen LogP) is 2.47. The van der Waals surface area contributed by atoms with Crippen molar-refractivity contribution in [2.24, 2.45) is 0 Å². The van der Waals surface area contributed by atoms with Gasteiger partial charge in [0, 0.05) is 19.8 Å². The molecule has 17 heavy (non-hydrogen) atoms. The van der Waals surface area contributed by atoms with E-state index in [1.165, 1.54) is 12.1 Å². The lowest BCUT2D eigenvalue weighted by atomic mass is 10.2. The summed E-state index contributed by atoms with van der Waals surface area (Å²) in [6, 6.07) is 5.98. The molecule has 1 unspecified atom stereocenters. The molecule has 1 aromatic carbocycles. The van der Waals surface area contributed by atoms with Crippen LogP contribution >= 0.6 is 0 Å². The quantitative estimate of drug-likeness (QED) is 0.765. The van der Waals surface area contributed by atoms with Crippen LogP contribution in [0.15, 0.2) is 24.3 Å². The van der Waals surface area contributed by atoms with Gasteiger partial charge in [0.25, 0.3) is 0 Å². The zero-order valence-electron chi connectivity index (χ0n) is 9.36. The number of alkyl halides is 3. The van der Waals surface area contributed by atoms with Crippen molar-refractivity contribution < 1.29 is 22.7 Å². The molecule has 1 rings (SSSR count). The summed E-state index contributed by atoms with van der Waals surface area (Å²) in [5.74, 6) is -1.11. The van der Waals surface area contributed by atoms with E-state index in [2.05, 4.69) is 4.74 Å². The first-order valence-corrected chi connectivity index (χ1v) is 4.82. The molecule has 6 heteroatoms. The van der Waals surface area contributed by atoms with E-state index < -0.39 is 18.8 Å². The van der Waals surface area contributed by atoms with E-state index >= 15 is 0 Å². The van der Waals surface area contributed by atoms with Crippen LogP contribution in [0.4, 0.5) is 18.9 Å². The molecule has 0 aliphatic carbocycles. The lowest BCUT2D eigenvalue weighted by Crippen LogP contribution is -2.21. The average molecular weight is 247 g/mol. The first kappa shape index (κ1) is 13.3. The summed E-state index contributed by atoms with van der Waals surface area (Å²) in [5.41, 5.74) is 0.853. The minimum absolute atomic E-state index is 0.0268. The normalized spacial score (nSPS) is 12.4. The number of carbonyl (C=O) groups is 1. The summed E-state index contributed by atoms with van der Waals surface area (Å²) >= 11 is 0. The van der Waals surface area contributed by atoms with Gasteiger partial charge in [0.1, 0.15) is 0 Å². The predicted molar refractivity (Wildman–Crippen MR) is 57.1 cm³/mol. The first-order chi connectivity index (χ1) is 7.91. The molecule has 0 spiro atoms. The second-order valence-corrected chi connectivity index (χ2v) is 3.53. The van der Waals surface area contributed by atoms with Crippen molar-refractivity contribution in [3.05, 3.63) is 29.8 Å². The van der Waals surface area contributed by atoms with Crippen LogP contribution in [0, 0.1) is 0 Å². The Morgan fingerprint density at radius 1 is 1.18 bits per heavy atom. The van der Waals surface area contributed by atoms with E-state index in [0.29, 0.717) is 0 Å². The highest BCUT2D eigenvalue weighted by Crippen LogP contribution is 2.15. The molecule has 0 bridgehead atoms. The Morgan fingerprint density at radius 3 is 2.12 bits per heavy atom. The molecule has 94 valence electrons. The van der Waals surface area contributed by atoms with E-state index in [9.17, 15) is 18.0 Å². The second-order valence-electron chi connectivity index (χ2n) is 3.53. The third kappa shape index (κ3) is 3.65. The SMILES string of the molecule is CN(C)c1ccc(C(=O)OC(F)C(F)F)cc1. The summed E-state index contributed by atoms with van der Waals surface area (Å²) in [7, 11) is 3.61. The van der Waals surface area contributed by atoms with Crippen molar-refractivity contribution in [3.8, 4) is 0 Å². The van der Waals surface area contributed by atoms with Crippen LogP contribution in [0.3, 0.4) is 0 Å². The Morgan fingerprint density at radius 2 is 1.71 bits per heavy atom. The number of rotatable bonds is 4. The third-order valence-electron chi connectivity index (χ3n) is 2.04. The maximum absolute atomic E-state index is 12.5. The van der Waals surface area contributed by atoms with Crippen molar-refractivity contribution in [3.63, 3.8) is 0 Å². The molecule has 0 saturated heterocycles. The highest BCUT2D eigenvalue weighted by Gasteiger charge is 2.24. The number of anilines is 1. The molecule has 0 radical (unpaired) electrons. The largest absolute Gasteiger partial charge is 0.421 e. The van der Waals surface area contributed by atoms with E-state index in [4.69, 9.17) is 0 Å². The summed E-state index contributed by atoms with van der Waals surface area (Å²) in [6.07, 6.45) is -6.23. The standard InChI is InChI=1S/C11H12F3NO2/c1-15(2)8-5-3-7(4-6-8)11(16)17-10(14)9(12)13/h3-6,9-10H,1-2H3. The maximum atomic E-state index is 12.5. The summed E-state index contributed by atoms with van der Waals surface area (Å²) < 4.78 is 40.0. The maximum Gasteiger partial charge on any atom is 0.340 e. The minimum atomic E-state index is -3.33. The van der Waals surface area contributed by atoms with Gasteiger partial charge < -0.3 is 9.64 Å². The van der Waals surface area contributed by atoms with Gasteiger partial charge in [-0.3, -0.25) is 0 Å². The smallest absolute Gasteiger partial charge is 0.340 e. The lowest BCUT2D eigenvalue weighted by Gasteiger charge is -2.13. The van der Waals surface area contributed by atoms with Crippen molar-refractivity contribution in [1.29, 1.82) is 0 Å². The van der Waals surface area contributed by atoms with Gasteiger partial charge in [-0.05, 0) is 24.3 Å². The molecule has 0 fully saturated rings. The molecule has 3 nitrogen and oxygen atoms in total. The number of hydrogen-bond acceptors (Lipinski definition) is 3. The fourth-order valence-electron chi connectivity index (χ4n) is 1.12. The Labute approximate surface area is 96.8 Å². The molecule has 0 amide bonds. The summed E-state index contributed by atoms with van der Waals surface area (Å²) in [5, 5.41) is 0. The molecular formula is C11H12F3NO2. The minimum Gasteiger partial charge on any atom is -0.421 e. The van der Waals surface area contributed by atoms with Crippen LogP contribution in [0.2, 0.25) is 0 Å². The molecule has 1 aromatic rings. The van der Waals surface area contributed by atoms with Gasteiger partial charge in [-0.1, -0.05) is 0 Å². The fraction of sp³-hybridized carbons (Fsp3) is 0.364. The van der Waals surface area contributed by atoms with E-state index in [-0.39, 0.29) is 5.56 Å². The molecular weight excluding hydrogens is 235 g/mol. The van der Waals surface area contributed by atoms with E-state index in [0.717, 1.165) is 5.69 Å². The van der Waals surface area contributed by atoms with Crippen molar-refractivity contribution in [2.45, 2.75) is 12.8 Å². The first-order valence-electron chi connectivity index (χ1n) is 4.82. The van der Waals surface area contributed by atoms with Crippen LogP contribution in [0.5, 0.6) is 0 Å². The van der Waals surface area contributed by atoms with Crippen molar-refractivity contribution >= 4 is 11.7 Å². The van der Waals surface area contributed by atoms with Crippen LogP contribution < -0.4 is 4.90 Å². The Balaban J connectivity index is 2.70. The second kappa shape index (κ2) is 5.56. The highest BCUT2D eigenvalue weighted by molar-refractivity contribution is 5.89. The number of nitrogens with zero attached hydrogens (tertiary/aromatic N) is 1. The molecule has 0 N–H and O–H groups in total. The molecule has 0 heterocycles. The summed E-state index contributed by atoms with van der Waals surface area (Å²) in [6.45, 7) is 0. The van der Waals surface area contributed by atoms with Crippen LogP contribution in [0.25, 0.3) is 0 Å². The molecule has 0 aromatic heterocycles. The molecule has 0 saturated carbocycles. The summed E-state index contributed by atoms with van der Waals surface area (Å²) in [4.78, 5) is 13.0. The zero-order chi connectivity index (χ0) is 13.0. The topological polar surface area (TPSA) is 29.5 Å². The monoisotopic (exact) mass is 247 g/mol. The lowest BCUT2D eigenvalue weighted by molar-refractivity contribution is -0.0971. The van der Waals surface area contributed by atoms with E-state index in [1.807, 2.05) is 14.1 Å². The molecule has 1 atom stereocenters. The van der Waals surface area contributed by atoms with Gasteiger partial charge in [0.05, 0.1) is 5.56 Å². The fourth-order valence-corrected chi connectivity index (χ4v) is 1.12. The number of esters is 1. The van der Waals surface area contributed by atoms with E-state index in [1.54, 1.807) is 17.0 Å². The average Bonchev–Trinajstić information content (AvgIpc) is 2.28. The molecule has 0 aliphatic rings. The Kier molecular flexibility index (Phi) is 4.37. The van der Waals surface area contributed by atoms with Gasteiger partial charge in [0.2, 0.25) is 0 Å². The third-order valence-corrected chi connectivity index (χ3v) is 2.04. The van der Waals surface area contributed by atoms with Crippen molar-refractivity contribution in [2.75, 3.05) is 19.0 Å². The number of benzene rings is 1. The van der Waals surface area contributed by atoms with Gasteiger partial charge >= 0.3 is 18.8 Å². The Bertz CT molecular complexity index is 379. The number of ether oxygens (including phenoxy) is 1.